The van der Waals surface area contributed by atoms with Gasteiger partial charge < -0.3 is 15.6 Å². The summed E-state index contributed by atoms with van der Waals surface area (Å²) in [6.45, 7) is 3.87. The lowest BCUT2D eigenvalue weighted by atomic mass is 9.92. The number of thioether (sulfide) groups is 1. The zero-order chi connectivity index (χ0) is 22.7. The number of aromatic amines is 1. The van der Waals surface area contributed by atoms with E-state index in [1.165, 1.54) is 17.3 Å². The number of hydrogen-bond donors (Lipinski definition) is 3. The highest BCUT2D eigenvalue weighted by Crippen LogP contribution is 2.31. The Kier molecular flexibility index (Phi) is 6.41. The molecule has 2 amide bonds. The number of aryl methyl sites for hydroxylation is 3. The van der Waals surface area contributed by atoms with Gasteiger partial charge in [0, 0.05) is 17.9 Å². The van der Waals surface area contributed by atoms with E-state index in [0.717, 1.165) is 23.3 Å². The first-order valence-corrected chi connectivity index (χ1v) is 11.4. The molecule has 0 aliphatic carbocycles. The maximum atomic E-state index is 13.0. The van der Waals surface area contributed by atoms with Crippen LogP contribution in [0.15, 0.2) is 58.5 Å². The van der Waals surface area contributed by atoms with Crippen molar-refractivity contribution in [2.45, 2.75) is 37.8 Å². The van der Waals surface area contributed by atoms with Gasteiger partial charge in [0.2, 0.25) is 11.8 Å². The van der Waals surface area contributed by atoms with Gasteiger partial charge in [-0.3, -0.25) is 14.4 Å². The quantitative estimate of drug-likeness (QED) is 0.393. The molecule has 2 aromatic carbocycles. The van der Waals surface area contributed by atoms with Crippen molar-refractivity contribution in [1.82, 2.24) is 9.97 Å². The van der Waals surface area contributed by atoms with Gasteiger partial charge in [-0.05, 0) is 37.5 Å². The smallest absolute Gasteiger partial charge is 0.257 e. The van der Waals surface area contributed by atoms with Gasteiger partial charge in [0.05, 0.1) is 11.5 Å². The topological polar surface area (TPSA) is 104 Å². The lowest BCUT2D eigenvalue weighted by molar-refractivity contribution is -0.123. The van der Waals surface area contributed by atoms with Gasteiger partial charge in [-0.1, -0.05) is 59.8 Å². The summed E-state index contributed by atoms with van der Waals surface area (Å²) in [6.07, 6.45) is 0.717. The number of carbonyl (C=O) groups excluding carboxylic acids is 2. The van der Waals surface area contributed by atoms with Gasteiger partial charge in [-0.2, -0.15) is 0 Å². The molecule has 0 bridgehead atoms. The van der Waals surface area contributed by atoms with Crippen molar-refractivity contribution in [2.24, 2.45) is 0 Å². The second-order valence-electron chi connectivity index (χ2n) is 7.83. The number of nitrogens with one attached hydrogen (secondary N) is 3. The second-order valence-corrected chi connectivity index (χ2v) is 8.91. The Morgan fingerprint density at radius 1 is 1.16 bits per heavy atom. The van der Waals surface area contributed by atoms with Crippen LogP contribution in [-0.4, -0.2) is 27.5 Å². The molecule has 1 aliphatic heterocycles. The standard InChI is InChI=1S/C24H24N4O3S/c1-14-8-9-18(15(2)12-14)25-22(30)17-13-19(29)26-21-20(17)23(31)28-24(27-21)32-11-10-16-6-4-3-5-7-16/h3-9,12,17H,10-11,13H2,1-2H3,(H,25,30)(H2,26,27,28,29,31)/t17-/m0/s1. The van der Waals surface area contributed by atoms with Crippen LogP contribution >= 0.6 is 11.8 Å². The summed E-state index contributed by atoms with van der Waals surface area (Å²) >= 11 is 1.40. The minimum Gasteiger partial charge on any atom is -0.325 e. The minimum absolute atomic E-state index is 0.102. The van der Waals surface area contributed by atoms with Crippen LogP contribution in [0, 0.1) is 13.8 Å². The van der Waals surface area contributed by atoms with Crippen molar-refractivity contribution < 1.29 is 9.59 Å². The Bertz CT molecular complexity index is 1220. The van der Waals surface area contributed by atoms with E-state index in [1.807, 2.05) is 62.4 Å². The van der Waals surface area contributed by atoms with Crippen LogP contribution in [0.25, 0.3) is 0 Å². The van der Waals surface area contributed by atoms with Gasteiger partial charge in [-0.25, -0.2) is 4.98 Å². The normalized spacial score (nSPS) is 15.1. The van der Waals surface area contributed by atoms with E-state index < -0.39 is 17.4 Å². The van der Waals surface area contributed by atoms with Crippen LogP contribution in [-0.2, 0) is 16.0 Å². The SMILES string of the molecule is Cc1ccc(NC(=O)[C@H]2CC(=O)Nc3nc(SCCc4ccccc4)[nH]c(=O)c32)c(C)c1. The molecule has 1 aromatic heterocycles. The number of nitrogens with zero attached hydrogens (tertiary/aromatic N) is 1. The number of hydrogen-bond acceptors (Lipinski definition) is 5. The third-order valence-electron chi connectivity index (χ3n) is 5.36. The molecule has 0 saturated heterocycles. The number of amides is 2. The lowest BCUT2D eigenvalue weighted by Gasteiger charge is -2.24. The van der Waals surface area contributed by atoms with E-state index >= 15 is 0 Å². The summed E-state index contributed by atoms with van der Waals surface area (Å²) in [4.78, 5) is 45.3. The average Bonchev–Trinajstić information content (AvgIpc) is 2.75. The minimum atomic E-state index is -0.904. The van der Waals surface area contributed by atoms with Crippen molar-refractivity contribution in [3.63, 3.8) is 0 Å². The number of anilines is 2. The van der Waals surface area contributed by atoms with Crippen LogP contribution in [0.4, 0.5) is 11.5 Å². The fraction of sp³-hybridized carbons (Fsp3) is 0.250. The van der Waals surface area contributed by atoms with E-state index in [9.17, 15) is 14.4 Å². The molecule has 0 saturated carbocycles. The van der Waals surface area contributed by atoms with E-state index in [2.05, 4.69) is 20.6 Å². The third-order valence-corrected chi connectivity index (χ3v) is 6.23. The summed E-state index contributed by atoms with van der Waals surface area (Å²) in [5.41, 5.74) is 3.64. The lowest BCUT2D eigenvalue weighted by Crippen LogP contribution is -2.36. The van der Waals surface area contributed by atoms with Gasteiger partial charge >= 0.3 is 0 Å². The van der Waals surface area contributed by atoms with Gasteiger partial charge in [0.1, 0.15) is 5.82 Å². The van der Waals surface area contributed by atoms with Gasteiger partial charge in [0.15, 0.2) is 5.16 Å². The number of benzene rings is 2. The molecule has 3 N–H and O–H groups in total. The van der Waals surface area contributed by atoms with E-state index in [4.69, 9.17) is 0 Å². The molecule has 2 heterocycles. The summed E-state index contributed by atoms with van der Waals surface area (Å²) in [7, 11) is 0. The highest BCUT2D eigenvalue weighted by molar-refractivity contribution is 7.99. The first kappa shape index (κ1) is 21.8. The molecule has 32 heavy (non-hydrogen) atoms. The molecule has 0 unspecified atom stereocenters. The van der Waals surface area contributed by atoms with Gasteiger partial charge in [-0.15, -0.1) is 0 Å². The summed E-state index contributed by atoms with van der Waals surface area (Å²) in [6, 6.07) is 15.7. The molecule has 7 nitrogen and oxygen atoms in total. The molecule has 8 heteroatoms. The molecular weight excluding hydrogens is 424 g/mol. The monoisotopic (exact) mass is 448 g/mol. The largest absolute Gasteiger partial charge is 0.325 e. The Hall–Kier alpha value is -3.39. The molecule has 1 aliphatic rings. The molecule has 1 atom stereocenters. The third kappa shape index (κ3) is 4.91. The Labute approximate surface area is 190 Å². The highest BCUT2D eigenvalue weighted by atomic mass is 32.2. The maximum Gasteiger partial charge on any atom is 0.257 e. The number of aromatic nitrogens is 2. The molecule has 0 radical (unpaired) electrons. The number of H-pyrrole nitrogens is 1. The Balaban J connectivity index is 1.53. The summed E-state index contributed by atoms with van der Waals surface area (Å²) in [5, 5.41) is 5.93. The molecular formula is C24H24N4O3S. The number of fused-ring (bicyclic) bond motifs is 1. The second kappa shape index (κ2) is 9.40. The van der Waals surface area contributed by atoms with Crippen LogP contribution < -0.4 is 16.2 Å². The van der Waals surface area contributed by atoms with Crippen molar-refractivity contribution in [3.8, 4) is 0 Å². The van der Waals surface area contributed by atoms with Crippen molar-refractivity contribution >= 4 is 35.1 Å². The average molecular weight is 449 g/mol. The predicted octanol–water partition coefficient (Wildman–Crippen LogP) is 3.79. The zero-order valence-electron chi connectivity index (χ0n) is 17.9. The first-order chi connectivity index (χ1) is 15.4. The van der Waals surface area contributed by atoms with Crippen molar-refractivity contribution in [3.05, 3.63) is 81.1 Å². The van der Waals surface area contributed by atoms with E-state index in [0.29, 0.717) is 10.8 Å². The van der Waals surface area contributed by atoms with Crippen LogP contribution in [0.5, 0.6) is 0 Å². The van der Waals surface area contributed by atoms with Gasteiger partial charge in [0.25, 0.3) is 5.56 Å². The fourth-order valence-electron chi connectivity index (χ4n) is 3.73. The summed E-state index contributed by atoms with van der Waals surface area (Å²) in [5.74, 6) is -0.760. The molecule has 0 fully saturated rings. The number of carbonyl (C=O) groups is 2. The van der Waals surface area contributed by atoms with Crippen LogP contribution in [0.1, 0.15) is 34.6 Å². The fourth-order valence-corrected chi connectivity index (χ4v) is 4.58. The Morgan fingerprint density at radius 2 is 1.94 bits per heavy atom. The first-order valence-electron chi connectivity index (χ1n) is 10.4. The van der Waals surface area contributed by atoms with Crippen molar-refractivity contribution in [2.75, 3.05) is 16.4 Å². The Morgan fingerprint density at radius 3 is 2.69 bits per heavy atom. The predicted molar refractivity (Wildman–Crippen MR) is 126 cm³/mol. The van der Waals surface area contributed by atoms with Crippen LogP contribution in [0.3, 0.4) is 0 Å². The zero-order valence-corrected chi connectivity index (χ0v) is 18.7. The molecule has 4 rings (SSSR count). The van der Waals surface area contributed by atoms with E-state index in [1.54, 1.807) is 0 Å². The molecule has 3 aromatic rings. The van der Waals surface area contributed by atoms with Crippen LogP contribution in [0.2, 0.25) is 0 Å². The van der Waals surface area contributed by atoms with Crippen molar-refractivity contribution in [1.29, 1.82) is 0 Å². The molecule has 0 spiro atoms. The van der Waals surface area contributed by atoms with E-state index in [-0.39, 0.29) is 23.7 Å². The summed E-state index contributed by atoms with van der Waals surface area (Å²) < 4.78 is 0. The maximum absolute atomic E-state index is 13.0. The number of rotatable bonds is 6. The molecule has 164 valence electrons. The highest BCUT2D eigenvalue weighted by Gasteiger charge is 2.34.